The molecule has 0 aromatic heterocycles. The molecule has 0 aromatic rings. The molecule has 0 heterocycles. The smallest absolute Gasteiger partial charge is 0.402 e. The topological polar surface area (TPSA) is 60.7 Å². The lowest BCUT2D eigenvalue weighted by Crippen LogP contribution is -2.07. The summed E-state index contributed by atoms with van der Waals surface area (Å²) in [5, 5.41) is 21.5. The van der Waals surface area contributed by atoms with Crippen molar-refractivity contribution in [2.45, 2.75) is 25.7 Å². The van der Waals surface area contributed by atoms with E-state index in [1.807, 2.05) is 0 Å². The van der Waals surface area contributed by atoms with Gasteiger partial charge in [-0.3, -0.25) is 0 Å². The van der Waals surface area contributed by atoms with Crippen molar-refractivity contribution < 1.29 is 15.1 Å². The van der Waals surface area contributed by atoms with Gasteiger partial charge in [-0.1, -0.05) is 25.7 Å². The van der Waals surface area contributed by atoms with Gasteiger partial charge in [-0.25, -0.2) is 0 Å². The summed E-state index contributed by atoms with van der Waals surface area (Å²) in [7, 11) is -2.17. The van der Waals surface area contributed by atoms with Crippen molar-refractivity contribution in [3.63, 3.8) is 0 Å². The molecule has 0 radical (unpaired) electrons. The van der Waals surface area contributed by atoms with E-state index in [2.05, 4.69) is 0 Å². The van der Waals surface area contributed by atoms with Crippen LogP contribution in [-0.4, -0.2) is 22.4 Å². The van der Waals surface area contributed by atoms with Gasteiger partial charge in [0.15, 0.2) is 0 Å². The van der Waals surface area contributed by atoms with Gasteiger partial charge >= 0.3 is 7.32 Å². The highest BCUT2D eigenvalue weighted by atomic mass is 31.0. The van der Waals surface area contributed by atoms with Gasteiger partial charge in [-0.2, -0.15) is 9.90 Å². The molecule has 1 fully saturated rings. The third-order valence-electron chi connectivity index (χ3n) is 1.000. The fourth-order valence-corrected chi connectivity index (χ4v) is 0.250. The largest absolute Gasteiger partial charge is 0.631 e. The SMILES string of the molecule is C1CCC1.OB(O)O.P. The molecule has 1 aliphatic carbocycles. The van der Waals surface area contributed by atoms with Gasteiger partial charge in [-0.05, 0) is 0 Å². The van der Waals surface area contributed by atoms with Gasteiger partial charge in [0.2, 0.25) is 0 Å². The van der Waals surface area contributed by atoms with Crippen LogP contribution in [0.5, 0.6) is 0 Å². The lowest BCUT2D eigenvalue weighted by atomic mass is 10.0. The molecule has 56 valence electrons. The van der Waals surface area contributed by atoms with Gasteiger partial charge in [0.1, 0.15) is 0 Å². The van der Waals surface area contributed by atoms with Crippen molar-refractivity contribution >= 4 is 17.2 Å². The van der Waals surface area contributed by atoms with Crippen molar-refractivity contribution in [1.82, 2.24) is 0 Å². The summed E-state index contributed by atoms with van der Waals surface area (Å²) < 4.78 is 0. The van der Waals surface area contributed by atoms with Gasteiger partial charge < -0.3 is 15.1 Å². The highest BCUT2D eigenvalue weighted by Gasteiger charge is 1.95. The maximum atomic E-state index is 7.17. The molecule has 0 amide bonds. The lowest BCUT2D eigenvalue weighted by molar-refractivity contribution is 0.278. The summed E-state index contributed by atoms with van der Waals surface area (Å²) in [6.45, 7) is 0. The van der Waals surface area contributed by atoms with E-state index < -0.39 is 7.32 Å². The minimum absolute atomic E-state index is 0. The summed E-state index contributed by atoms with van der Waals surface area (Å²) in [6.07, 6.45) is 6.00. The molecule has 0 aliphatic heterocycles. The Morgan fingerprint density at radius 1 is 0.778 bits per heavy atom. The second-order valence-corrected chi connectivity index (χ2v) is 1.76. The molecule has 3 nitrogen and oxygen atoms in total. The van der Waals surface area contributed by atoms with E-state index in [1.54, 1.807) is 0 Å². The number of hydrogen-bond acceptors (Lipinski definition) is 3. The van der Waals surface area contributed by atoms with E-state index in [-0.39, 0.29) is 9.90 Å². The van der Waals surface area contributed by atoms with E-state index in [0.717, 1.165) is 0 Å². The zero-order valence-electron chi connectivity index (χ0n) is 5.45. The van der Waals surface area contributed by atoms with Crippen LogP contribution in [0.25, 0.3) is 0 Å². The number of hydrogen-bond donors (Lipinski definition) is 3. The van der Waals surface area contributed by atoms with Crippen LogP contribution < -0.4 is 0 Å². The summed E-state index contributed by atoms with van der Waals surface area (Å²) in [4.78, 5) is 0. The maximum absolute atomic E-state index is 7.17. The van der Waals surface area contributed by atoms with E-state index in [9.17, 15) is 0 Å². The first-order valence-electron chi connectivity index (χ1n) is 2.77. The van der Waals surface area contributed by atoms with Crippen molar-refractivity contribution in [1.29, 1.82) is 0 Å². The Labute approximate surface area is 58.9 Å². The summed E-state index contributed by atoms with van der Waals surface area (Å²) in [5.41, 5.74) is 0. The quantitative estimate of drug-likeness (QED) is 0.326. The van der Waals surface area contributed by atoms with Gasteiger partial charge in [0, 0.05) is 0 Å². The summed E-state index contributed by atoms with van der Waals surface area (Å²) in [5.74, 6) is 0. The fourth-order valence-electron chi connectivity index (χ4n) is 0.250. The van der Waals surface area contributed by atoms with Crippen LogP contribution in [0.1, 0.15) is 25.7 Å². The van der Waals surface area contributed by atoms with E-state index >= 15 is 0 Å². The Bertz CT molecular complexity index is 42.3. The van der Waals surface area contributed by atoms with Crippen molar-refractivity contribution in [3.8, 4) is 0 Å². The average Bonchev–Trinajstić information content (AvgIpc) is 1.19. The van der Waals surface area contributed by atoms with Crippen LogP contribution in [0.15, 0.2) is 0 Å². The number of rotatable bonds is 0. The summed E-state index contributed by atoms with van der Waals surface area (Å²) in [6, 6.07) is 0. The molecule has 0 saturated heterocycles. The van der Waals surface area contributed by atoms with E-state index in [4.69, 9.17) is 15.1 Å². The minimum Gasteiger partial charge on any atom is -0.402 e. The maximum Gasteiger partial charge on any atom is 0.631 e. The molecule has 1 saturated carbocycles. The lowest BCUT2D eigenvalue weighted by Gasteiger charge is -2.05. The van der Waals surface area contributed by atoms with Crippen LogP contribution in [0.3, 0.4) is 0 Å². The van der Waals surface area contributed by atoms with Crippen LogP contribution >= 0.6 is 9.90 Å². The monoisotopic (exact) mass is 152 g/mol. The Balaban J connectivity index is 0. The third kappa shape index (κ3) is 17.8. The van der Waals surface area contributed by atoms with Crippen LogP contribution in [0.2, 0.25) is 0 Å². The molecular formula is C4H14BO3P. The Hall–Kier alpha value is 0.375. The zero-order chi connectivity index (χ0) is 6.41. The van der Waals surface area contributed by atoms with Crippen molar-refractivity contribution in [2.24, 2.45) is 0 Å². The van der Waals surface area contributed by atoms with Crippen LogP contribution in [0.4, 0.5) is 0 Å². The molecule has 0 spiro atoms. The fraction of sp³-hybridized carbons (Fsp3) is 1.00. The average molecular weight is 152 g/mol. The summed E-state index contributed by atoms with van der Waals surface area (Å²) >= 11 is 0. The Morgan fingerprint density at radius 2 is 0.889 bits per heavy atom. The predicted octanol–water partition coefficient (Wildman–Crippen LogP) is -0.433. The molecule has 9 heavy (non-hydrogen) atoms. The van der Waals surface area contributed by atoms with Crippen molar-refractivity contribution in [3.05, 3.63) is 0 Å². The van der Waals surface area contributed by atoms with E-state index in [1.165, 1.54) is 25.7 Å². The first-order valence-corrected chi connectivity index (χ1v) is 2.77. The Morgan fingerprint density at radius 3 is 0.889 bits per heavy atom. The van der Waals surface area contributed by atoms with Crippen molar-refractivity contribution in [2.75, 3.05) is 0 Å². The molecule has 5 heteroatoms. The Kier molecular flexibility index (Phi) is 11.3. The first-order chi connectivity index (χ1) is 3.73. The standard InChI is InChI=1S/C4H8.BH3O3.H3P/c1-2-4-3-1;2-1(3)4;/h1-4H2;2-4H;1H3. The van der Waals surface area contributed by atoms with Gasteiger partial charge in [-0.15, -0.1) is 0 Å². The molecule has 0 aromatic carbocycles. The molecule has 1 unspecified atom stereocenters. The molecule has 0 bridgehead atoms. The predicted molar refractivity (Wildman–Crippen MR) is 42.0 cm³/mol. The van der Waals surface area contributed by atoms with Gasteiger partial charge in [0.25, 0.3) is 0 Å². The second kappa shape index (κ2) is 8.37. The highest BCUT2D eigenvalue weighted by molar-refractivity contribution is 6.92. The molecular weight excluding hydrogens is 138 g/mol. The van der Waals surface area contributed by atoms with Crippen LogP contribution in [-0.2, 0) is 0 Å². The van der Waals surface area contributed by atoms with E-state index in [0.29, 0.717) is 0 Å². The normalized spacial score (nSPS) is 13.7. The second-order valence-electron chi connectivity index (χ2n) is 1.76. The zero-order valence-corrected chi connectivity index (χ0v) is 6.87. The molecule has 1 atom stereocenters. The van der Waals surface area contributed by atoms with Crippen LogP contribution in [0, 0.1) is 0 Å². The molecule has 3 N–H and O–H groups in total. The first kappa shape index (κ1) is 12.1. The molecule has 1 rings (SSSR count). The third-order valence-corrected chi connectivity index (χ3v) is 1.000. The highest BCUT2D eigenvalue weighted by Crippen LogP contribution is 2.15. The van der Waals surface area contributed by atoms with Gasteiger partial charge in [0.05, 0.1) is 0 Å². The minimum atomic E-state index is -2.17. The molecule has 1 aliphatic rings.